The van der Waals surface area contributed by atoms with Gasteiger partial charge in [-0.1, -0.05) is 38.8 Å². The molecule has 1 rings (SSSR count). The van der Waals surface area contributed by atoms with E-state index in [9.17, 15) is 23.6 Å². The molecular weight excluding hydrogens is 406 g/mol. The van der Waals surface area contributed by atoms with Gasteiger partial charge in [-0.2, -0.15) is 0 Å². The lowest BCUT2D eigenvalue weighted by atomic mass is 10.1. The Morgan fingerprint density at radius 3 is 2.21 bits per heavy atom. The normalized spacial score (nSPS) is 14.1. The van der Waals surface area contributed by atoms with Gasteiger partial charge in [-0.05, 0) is 17.7 Å². The Hall–Kier alpha value is -0.510. The quantitative estimate of drug-likeness (QED) is 0.451. The first kappa shape index (κ1) is 16.5. The van der Waals surface area contributed by atoms with Crippen molar-refractivity contribution in [2.45, 2.75) is 15.6 Å². The maximum absolute atomic E-state index is 11.8. The van der Waals surface area contributed by atoms with Crippen molar-refractivity contribution in [3.8, 4) is 0 Å². The van der Waals surface area contributed by atoms with Gasteiger partial charge < -0.3 is 5.11 Å². The lowest BCUT2D eigenvalue weighted by Crippen LogP contribution is -2.33. The van der Waals surface area contributed by atoms with E-state index >= 15 is 0 Å². The monoisotopic (exact) mass is 415 g/mol. The summed E-state index contributed by atoms with van der Waals surface area (Å²) in [5.41, 5.74) is 0.111. The van der Waals surface area contributed by atoms with Crippen LogP contribution in [0, 0.1) is 10.1 Å². The van der Waals surface area contributed by atoms with Gasteiger partial charge in [0.2, 0.25) is 2.57 Å². The molecule has 0 aliphatic carbocycles. The molecular formula is C10H11Br2NO5S. The Kier molecular flexibility index (Phi) is 5.10. The van der Waals surface area contributed by atoms with Gasteiger partial charge in [-0.25, -0.2) is 8.42 Å². The molecule has 0 aromatic heterocycles. The van der Waals surface area contributed by atoms with Gasteiger partial charge in [0.05, 0.1) is 4.92 Å². The topological polar surface area (TPSA) is 97.5 Å². The molecule has 6 nitrogen and oxygen atoms in total. The standard InChI is InChI=1S/C10H11Br2NO5S/c1-2-19(17,18)10(11,12)9(14)7-3-5-8(6-4-7)13(15)16/h3-6,9,14H,2H2,1H3. The second-order valence-corrected chi connectivity index (χ2v) is 10.8. The van der Waals surface area contributed by atoms with Crippen molar-refractivity contribution in [1.29, 1.82) is 0 Å². The summed E-state index contributed by atoms with van der Waals surface area (Å²) in [6.07, 6.45) is -1.40. The molecule has 0 saturated heterocycles. The van der Waals surface area contributed by atoms with Crippen molar-refractivity contribution in [3.63, 3.8) is 0 Å². The number of halogens is 2. The molecule has 0 saturated carbocycles. The van der Waals surface area contributed by atoms with Gasteiger partial charge in [-0.15, -0.1) is 0 Å². The number of nitro benzene ring substituents is 1. The first-order valence-electron chi connectivity index (χ1n) is 5.16. The van der Waals surface area contributed by atoms with Crippen LogP contribution in [0.3, 0.4) is 0 Å². The van der Waals surface area contributed by atoms with Crippen molar-refractivity contribution >= 4 is 47.4 Å². The van der Waals surface area contributed by atoms with Gasteiger partial charge in [0, 0.05) is 17.9 Å². The highest BCUT2D eigenvalue weighted by atomic mass is 79.9. The van der Waals surface area contributed by atoms with Crippen LogP contribution in [-0.2, 0) is 9.84 Å². The zero-order valence-corrected chi connectivity index (χ0v) is 13.8. The summed E-state index contributed by atoms with van der Waals surface area (Å²) in [6.45, 7) is 1.45. The van der Waals surface area contributed by atoms with Crippen molar-refractivity contribution in [3.05, 3.63) is 39.9 Å². The largest absolute Gasteiger partial charge is 0.385 e. The summed E-state index contributed by atoms with van der Waals surface area (Å²) in [4.78, 5) is 9.94. The molecule has 9 heteroatoms. The van der Waals surface area contributed by atoms with E-state index < -0.39 is 23.4 Å². The van der Waals surface area contributed by atoms with Gasteiger partial charge in [0.1, 0.15) is 6.10 Å². The lowest BCUT2D eigenvalue weighted by molar-refractivity contribution is -0.384. The average molecular weight is 417 g/mol. The van der Waals surface area contributed by atoms with Crippen LogP contribution in [0.4, 0.5) is 5.69 Å². The van der Waals surface area contributed by atoms with Gasteiger partial charge in [0.25, 0.3) is 5.69 Å². The molecule has 1 aromatic rings. The molecule has 1 N–H and O–H groups in total. The second-order valence-electron chi connectivity index (χ2n) is 3.72. The first-order valence-corrected chi connectivity index (χ1v) is 8.40. The number of aliphatic hydroxyl groups is 1. The number of alkyl halides is 2. The Labute approximate surface area is 127 Å². The molecule has 0 fully saturated rings. The number of aliphatic hydroxyl groups excluding tert-OH is 1. The molecule has 0 amide bonds. The molecule has 19 heavy (non-hydrogen) atoms. The Morgan fingerprint density at radius 2 is 1.84 bits per heavy atom. The van der Waals surface area contributed by atoms with Crippen molar-refractivity contribution in [2.24, 2.45) is 0 Å². The fourth-order valence-electron chi connectivity index (χ4n) is 1.33. The van der Waals surface area contributed by atoms with Gasteiger partial charge in [0.15, 0.2) is 9.84 Å². The lowest BCUT2D eigenvalue weighted by Gasteiger charge is -2.26. The van der Waals surface area contributed by atoms with Crippen LogP contribution in [-0.4, -0.2) is 26.8 Å². The minimum atomic E-state index is -3.62. The van der Waals surface area contributed by atoms with E-state index in [0.29, 0.717) is 0 Å². The van der Waals surface area contributed by atoms with Crippen LogP contribution in [0.25, 0.3) is 0 Å². The zero-order chi connectivity index (χ0) is 14.8. The third-order valence-corrected chi connectivity index (χ3v) is 8.17. The van der Waals surface area contributed by atoms with Crippen LogP contribution in [0.15, 0.2) is 24.3 Å². The first-order chi connectivity index (χ1) is 8.63. The minimum Gasteiger partial charge on any atom is -0.385 e. The Morgan fingerprint density at radius 1 is 1.37 bits per heavy atom. The van der Waals surface area contributed by atoms with E-state index in [1.807, 2.05) is 0 Å². The molecule has 0 spiro atoms. The van der Waals surface area contributed by atoms with E-state index in [1.165, 1.54) is 31.2 Å². The minimum absolute atomic E-state index is 0.135. The van der Waals surface area contributed by atoms with Crippen molar-refractivity contribution in [2.75, 3.05) is 5.75 Å². The van der Waals surface area contributed by atoms with E-state index in [2.05, 4.69) is 31.9 Å². The van der Waals surface area contributed by atoms with Crippen LogP contribution >= 0.6 is 31.9 Å². The van der Waals surface area contributed by atoms with Crippen molar-refractivity contribution in [1.82, 2.24) is 0 Å². The summed E-state index contributed by atoms with van der Waals surface area (Å²) in [6, 6.07) is 5.02. The third kappa shape index (κ3) is 3.33. The second kappa shape index (κ2) is 5.86. The number of rotatable bonds is 5. The summed E-state index contributed by atoms with van der Waals surface area (Å²) in [5.74, 6) is -0.173. The molecule has 0 aliphatic heterocycles. The number of sulfone groups is 1. The molecule has 1 aromatic carbocycles. The van der Waals surface area contributed by atoms with Crippen molar-refractivity contribution < 1.29 is 18.4 Å². The number of nitrogens with zero attached hydrogens (tertiary/aromatic N) is 1. The summed E-state index contributed by atoms with van der Waals surface area (Å²) < 4.78 is 22.0. The van der Waals surface area contributed by atoms with Crippen LogP contribution < -0.4 is 0 Å². The highest BCUT2D eigenvalue weighted by molar-refractivity contribution is 9.28. The fourth-order valence-corrected chi connectivity index (χ4v) is 4.10. The fraction of sp³-hybridized carbons (Fsp3) is 0.400. The Bertz CT molecular complexity index is 570. The van der Waals surface area contributed by atoms with Crippen LogP contribution in [0.1, 0.15) is 18.6 Å². The van der Waals surface area contributed by atoms with E-state index in [-0.39, 0.29) is 17.0 Å². The van der Waals surface area contributed by atoms with E-state index in [1.54, 1.807) is 0 Å². The van der Waals surface area contributed by atoms with Gasteiger partial charge in [-0.3, -0.25) is 10.1 Å². The maximum atomic E-state index is 11.8. The molecule has 0 aliphatic rings. The molecule has 1 unspecified atom stereocenters. The molecule has 1 atom stereocenters. The number of nitro groups is 1. The molecule has 0 heterocycles. The summed E-state index contributed by atoms with van der Waals surface area (Å²) in [5, 5.41) is 20.6. The maximum Gasteiger partial charge on any atom is 0.269 e. The molecule has 0 radical (unpaired) electrons. The predicted molar refractivity (Wildman–Crippen MR) is 78.1 cm³/mol. The van der Waals surface area contributed by atoms with E-state index in [0.717, 1.165) is 0 Å². The number of hydrogen-bond donors (Lipinski definition) is 1. The number of benzene rings is 1. The highest BCUT2D eigenvalue weighted by Gasteiger charge is 2.45. The smallest absolute Gasteiger partial charge is 0.269 e. The third-order valence-electron chi connectivity index (χ3n) is 2.53. The highest BCUT2D eigenvalue weighted by Crippen LogP contribution is 2.44. The zero-order valence-electron chi connectivity index (χ0n) is 9.79. The Balaban J connectivity index is 3.13. The molecule has 0 bridgehead atoms. The van der Waals surface area contributed by atoms with Gasteiger partial charge >= 0.3 is 0 Å². The van der Waals surface area contributed by atoms with E-state index in [4.69, 9.17) is 0 Å². The number of hydrogen-bond acceptors (Lipinski definition) is 5. The average Bonchev–Trinajstić information content (AvgIpc) is 2.37. The molecule has 106 valence electrons. The summed E-state index contributed by atoms with van der Waals surface area (Å²) in [7, 11) is -3.62. The van der Waals surface area contributed by atoms with Crippen LogP contribution in [0.5, 0.6) is 0 Å². The summed E-state index contributed by atoms with van der Waals surface area (Å²) >= 11 is 5.92. The predicted octanol–water partition coefficient (Wildman–Crippen LogP) is 2.51. The van der Waals surface area contributed by atoms with Crippen LogP contribution in [0.2, 0.25) is 0 Å². The number of non-ortho nitro benzene ring substituents is 1. The SMILES string of the molecule is CCS(=O)(=O)C(Br)(Br)C(O)c1ccc([N+](=O)[O-])cc1.